The quantitative estimate of drug-likeness (QED) is 0.158. The Kier molecular flexibility index (Phi) is 4.51. The van der Waals surface area contributed by atoms with E-state index in [-0.39, 0.29) is 0 Å². The van der Waals surface area contributed by atoms with Gasteiger partial charge in [0.1, 0.15) is 7.05 Å². The largest absolute Gasteiger partial charge is 0.238 e. The first kappa shape index (κ1) is 19.9. The minimum atomic E-state index is -1.56. The second-order valence-electron chi connectivity index (χ2n) is 9.30. The van der Waals surface area contributed by atoms with Gasteiger partial charge in [-0.25, -0.2) is 4.85 Å². The van der Waals surface area contributed by atoms with Crippen LogP contribution in [-0.4, -0.2) is 8.07 Å². The Hall–Kier alpha value is -3.00. The SMILES string of the molecule is [C-]#[N+]c1ccc2c(c1)sc1c(-c3cc([Si](C)(C)C)c4ccccc4[n+]3C)c(C)ccc12. The number of benzene rings is 3. The first-order valence-electron chi connectivity index (χ1n) is 10.6. The average molecular weight is 438 g/mol. The maximum atomic E-state index is 7.38. The third-order valence-electron chi connectivity index (χ3n) is 6.22. The molecule has 0 spiro atoms. The molecule has 5 aromatic rings. The molecule has 0 aliphatic heterocycles. The summed E-state index contributed by atoms with van der Waals surface area (Å²) >= 11 is 1.81. The molecule has 2 aromatic heterocycles. The number of fused-ring (bicyclic) bond motifs is 4. The Morgan fingerprint density at radius 3 is 2.39 bits per heavy atom. The van der Waals surface area contributed by atoms with Crippen LogP contribution in [0.15, 0.2) is 60.7 Å². The summed E-state index contributed by atoms with van der Waals surface area (Å²) in [5, 5.41) is 5.39. The van der Waals surface area contributed by atoms with Crippen LogP contribution >= 0.6 is 11.3 Å². The lowest BCUT2D eigenvalue weighted by atomic mass is 10.00. The molecule has 0 bridgehead atoms. The van der Waals surface area contributed by atoms with Crippen LogP contribution in [0.2, 0.25) is 19.6 Å². The van der Waals surface area contributed by atoms with E-state index in [1.54, 1.807) is 0 Å². The van der Waals surface area contributed by atoms with Crippen LogP contribution in [0.25, 0.3) is 47.2 Å². The summed E-state index contributed by atoms with van der Waals surface area (Å²) in [6.45, 7) is 16.9. The summed E-state index contributed by atoms with van der Waals surface area (Å²) in [5.74, 6) is 0. The fourth-order valence-corrected chi connectivity index (χ4v) is 7.54. The molecular weight excluding hydrogens is 412 g/mol. The van der Waals surface area contributed by atoms with Gasteiger partial charge < -0.3 is 0 Å². The number of hydrogen-bond acceptors (Lipinski definition) is 1. The van der Waals surface area contributed by atoms with E-state index < -0.39 is 8.07 Å². The fourth-order valence-electron chi connectivity index (χ4n) is 4.61. The van der Waals surface area contributed by atoms with Crippen LogP contribution < -0.4 is 9.75 Å². The van der Waals surface area contributed by atoms with Crippen molar-refractivity contribution >= 4 is 61.4 Å². The molecule has 4 heteroatoms. The van der Waals surface area contributed by atoms with Crippen LogP contribution in [0.3, 0.4) is 0 Å². The summed E-state index contributed by atoms with van der Waals surface area (Å²) in [6, 6.07) is 21.8. The van der Waals surface area contributed by atoms with Crippen molar-refractivity contribution in [1.29, 1.82) is 0 Å². The number of aromatic nitrogens is 1. The van der Waals surface area contributed by atoms with Crippen LogP contribution in [0.4, 0.5) is 5.69 Å². The maximum absolute atomic E-state index is 7.38. The highest BCUT2D eigenvalue weighted by molar-refractivity contribution is 7.26. The fraction of sp³-hybridized carbons (Fsp3) is 0.185. The number of thiophene rings is 1. The number of hydrogen-bond donors (Lipinski definition) is 0. The molecule has 3 aromatic carbocycles. The maximum Gasteiger partial charge on any atom is 0.214 e. The first-order valence-corrected chi connectivity index (χ1v) is 14.9. The van der Waals surface area contributed by atoms with Gasteiger partial charge in [0.05, 0.1) is 20.2 Å². The van der Waals surface area contributed by atoms with Gasteiger partial charge in [0, 0.05) is 32.3 Å². The molecule has 0 fully saturated rings. The lowest BCUT2D eigenvalue weighted by molar-refractivity contribution is -0.633. The van der Waals surface area contributed by atoms with Crippen LogP contribution in [-0.2, 0) is 7.05 Å². The van der Waals surface area contributed by atoms with E-state index in [0.717, 1.165) is 0 Å². The highest BCUT2D eigenvalue weighted by atomic mass is 32.1. The number of pyridine rings is 1. The monoisotopic (exact) mass is 437 g/mol. The van der Waals surface area contributed by atoms with Gasteiger partial charge in [-0.2, -0.15) is 4.57 Å². The molecule has 0 aliphatic carbocycles. The molecule has 2 heterocycles. The second-order valence-corrected chi connectivity index (χ2v) is 15.4. The standard InChI is InChI=1S/C27H25N2SSi/c1-17-11-13-20-19-14-12-18(28-2)15-24(19)30-27(20)26(17)23-16-25(31(4,5)6)21-9-7-8-10-22(21)29(23)3/h7-16H,1,3-6H3/q+1. The van der Waals surface area contributed by atoms with E-state index in [0.29, 0.717) is 5.69 Å². The Balaban J connectivity index is 1.93. The van der Waals surface area contributed by atoms with Crippen molar-refractivity contribution in [2.45, 2.75) is 26.6 Å². The van der Waals surface area contributed by atoms with Gasteiger partial charge in [-0.05, 0) is 35.2 Å². The summed E-state index contributed by atoms with van der Waals surface area (Å²) in [7, 11) is 0.632. The Morgan fingerprint density at radius 2 is 1.65 bits per heavy atom. The zero-order valence-corrected chi connectivity index (χ0v) is 20.4. The molecule has 0 saturated carbocycles. The van der Waals surface area contributed by atoms with Crippen LogP contribution in [0, 0.1) is 13.5 Å². The van der Waals surface area contributed by atoms with Crippen molar-refractivity contribution in [3.05, 3.63) is 77.6 Å². The van der Waals surface area contributed by atoms with Gasteiger partial charge in [0.2, 0.25) is 11.2 Å². The van der Waals surface area contributed by atoms with Gasteiger partial charge in [0.25, 0.3) is 0 Å². The van der Waals surface area contributed by atoms with Crippen LogP contribution in [0.5, 0.6) is 0 Å². The first-order chi connectivity index (χ1) is 14.8. The predicted octanol–water partition coefficient (Wildman–Crippen LogP) is 7.10. The minimum absolute atomic E-state index is 0.703. The van der Waals surface area contributed by atoms with Gasteiger partial charge in [-0.1, -0.05) is 56.0 Å². The van der Waals surface area contributed by atoms with Gasteiger partial charge in [0.15, 0.2) is 5.69 Å². The molecule has 0 aliphatic rings. The zero-order chi connectivity index (χ0) is 21.9. The van der Waals surface area contributed by atoms with Crippen LogP contribution in [0.1, 0.15) is 5.56 Å². The van der Waals surface area contributed by atoms with E-state index in [1.807, 2.05) is 23.5 Å². The Bertz CT molecular complexity index is 1550. The third kappa shape index (κ3) is 3.08. The normalized spacial score (nSPS) is 12.0. The number of nitrogens with zero attached hydrogens (tertiary/aromatic N) is 2. The Labute approximate surface area is 188 Å². The molecule has 0 atom stereocenters. The molecule has 0 N–H and O–H groups in total. The van der Waals surface area contributed by atoms with Gasteiger partial charge in [-0.3, -0.25) is 0 Å². The lowest BCUT2D eigenvalue weighted by Crippen LogP contribution is -2.43. The summed E-state index contributed by atoms with van der Waals surface area (Å²) in [4.78, 5) is 3.63. The average Bonchev–Trinajstić information content (AvgIpc) is 3.11. The number of para-hydroxylation sites is 1. The van der Waals surface area contributed by atoms with E-state index in [9.17, 15) is 0 Å². The zero-order valence-electron chi connectivity index (χ0n) is 18.6. The lowest BCUT2D eigenvalue weighted by Gasteiger charge is -2.20. The Morgan fingerprint density at radius 1 is 0.903 bits per heavy atom. The van der Waals surface area contributed by atoms with E-state index in [2.05, 4.69) is 91.6 Å². The predicted molar refractivity (Wildman–Crippen MR) is 137 cm³/mol. The highest BCUT2D eigenvalue weighted by Crippen LogP contribution is 2.42. The highest BCUT2D eigenvalue weighted by Gasteiger charge is 2.28. The molecule has 0 saturated heterocycles. The van der Waals surface area contributed by atoms with Crippen molar-refractivity contribution in [2.24, 2.45) is 7.05 Å². The van der Waals surface area contributed by atoms with Crippen molar-refractivity contribution < 1.29 is 4.57 Å². The van der Waals surface area contributed by atoms with Gasteiger partial charge in [-0.15, -0.1) is 11.3 Å². The van der Waals surface area contributed by atoms with Crippen molar-refractivity contribution in [3.8, 4) is 11.3 Å². The summed E-state index contributed by atoms with van der Waals surface area (Å²) < 4.78 is 4.85. The molecule has 0 unspecified atom stereocenters. The molecule has 31 heavy (non-hydrogen) atoms. The third-order valence-corrected chi connectivity index (χ3v) is 9.44. The van der Waals surface area contributed by atoms with E-state index >= 15 is 0 Å². The minimum Gasteiger partial charge on any atom is -0.238 e. The molecular formula is C27H25N2SSi+. The molecule has 2 nitrogen and oxygen atoms in total. The molecule has 152 valence electrons. The van der Waals surface area contributed by atoms with E-state index in [1.165, 1.54) is 53.1 Å². The summed E-state index contributed by atoms with van der Waals surface area (Å²) in [6.07, 6.45) is 0. The van der Waals surface area contributed by atoms with Crippen molar-refractivity contribution in [2.75, 3.05) is 0 Å². The number of rotatable bonds is 2. The van der Waals surface area contributed by atoms with Crippen molar-refractivity contribution in [1.82, 2.24) is 0 Å². The molecule has 0 radical (unpaired) electrons. The second kappa shape index (κ2) is 7.02. The van der Waals surface area contributed by atoms with E-state index in [4.69, 9.17) is 6.57 Å². The summed E-state index contributed by atoms with van der Waals surface area (Å²) in [5.41, 5.74) is 5.86. The topological polar surface area (TPSA) is 8.24 Å². The molecule has 0 amide bonds. The van der Waals surface area contributed by atoms with Gasteiger partial charge >= 0.3 is 0 Å². The smallest absolute Gasteiger partial charge is 0.214 e. The van der Waals surface area contributed by atoms with Crippen molar-refractivity contribution in [3.63, 3.8) is 0 Å². The number of aryl methyl sites for hydroxylation is 2. The molecule has 5 rings (SSSR count).